The second-order valence-electron chi connectivity index (χ2n) is 2.08. The van der Waals surface area contributed by atoms with E-state index in [-0.39, 0.29) is 0 Å². The second kappa shape index (κ2) is 3.69. The fourth-order valence-electron chi connectivity index (χ4n) is 0.741. The van der Waals surface area contributed by atoms with Gasteiger partial charge in [-0.2, -0.15) is 0 Å². The van der Waals surface area contributed by atoms with Gasteiger partial charge in [-0.15, -0.1) is 0 Å². The van der Waals surface area contributed by atoms with Gasteiger partial charge >= 0.3 is 0 Å². The summed E-state index contributed by atoms with van der Waals surface area (Å²) in [5, 5.41) is 0. The Morgan fingerprint density at radius 1 is 1.27 bits per heavy atom. The molecule has 4 heteroatoms. The van der Waals surface area contributed by atoms with Gasteiger partial charge in [0.2, 0.25) is 0 Å². The zero-order valence-electron chi connectivity index (χ0n) is 5.64. The highest BCUT2D eigenvalue weighted by atomic mass is 32.1. The molecular formula is C7H7F2NS. The highest BCUT2D eigenvalue weighted by Crippen LogP contribution is 2.08. The molecule has 60 valence electrons. The van der Waals surface area contributed by atoms with E-state index in [1.807, 2.05) is 0 Å². The summed E-state index contributed by atoms with van der Waals surface area (Å²) >= 11 is 3.73. The van der Waals surface area contributed by atoms with Gasteiger partial charge in [0, 0.05) is 6.54 Å². The molecule has 0 aliphatic rings. The molecule has 0 saturated heterocycles. The Labute approximate surface area is 69.0 Å². The lowest BCUT2D eigenvalue weighted by atomic mass is 10.2. The molecule has 0 atom stereocenters. The Kier molecular flexibility index (Phi) is 2.84. The molecule has 1 nitrogen and oxygen atoms in total. The van der Waals surface area contributed by atoms with Crippen LogP contribution in [0.1, 0.15) is 5.56 Å². The van der Waals surface area contributed by atoms with E-state index in [0.29, 0.717) is 12.1 Å². The molecule has 1 aromatic carbocycles. The molecule has 0 bridgehead atoms. The van der Waals surface area contributed by atoms with E-state index in [0.717, 1.165) is 12.1 Å². The monoisotopic (exact) mass is 175 g/mol. The molecule has 0 aliphatic heterocycles. The summed E-state index contributed by atoms with van der Waals surface area (Å²) in [6, 6.07) is 3.73. The second-order valence-corrected chi connectivity index (χ2v) is 2.40. The third-order valence-electron chi connectivity index (χ3n) is 1.27. The van der Waals surface area contributed by atoms with Crippen LogP contribution in [0.4, 0.5) is 8.78 Å². The molecule has 0 amide bonds. The minimum absolute atomic E-state index is 0.417. The van der Waals surface area contributed by atoms with Crippen LogP contribution < -0.4 is 4.72 Å². The van der Waals surface area contributed by atoms with Crippen LogP contribution in [0, 0.1) is 11.6 Å². The Bertz CT molecular complexity index is 252. The molecule has 0 fully saturated rings. The summed E-state index contributed by atoms with van der Waals surface area (Å²) in [5.74, 6) is -1.65. The Balaban J connectivity index is 2.86. The van der Waals surface area contributed by atoms with Gasteiger partial charge in [-0.3, -0.25) is 4.72 Å². The fourth-order valence-corrected chi connectivity index (χ4v) is 0.923. The third kappa shape index (κ3) is 2.17. The number of halogens is 2. The molecule has 0 unspecified atom stereocenters. The van der Waals surface area contributed by atoms with Gasteiger partial charge in [0.25, 0.3) is 0 Å². The first-order valence-electron chi connectivity index (χ1n) is 3.05. The molecule has 0 aromatic heterocycles. The van der Waals surface area contributed by atoms with Gasteiger partial charge in [-0.05, 0) is 17.7 Å². The maximum atomic E-state index is 12.5. The van der Waals surface area contributed by atoms with Crippen LogP contribution >= 0.6 is 12.8 Å². The standard InChI is InChI=1S/C7H7F2NS/c8-6-2-1-5(4-10-11)3-7(6)9/h1-3,10-11H,4H2. The molecular weight excluding hydrogens is 168 g/mol. The largest absolute Gasteiger partial charge is 0.262 e. The van der Waals surface area contributed by atoms with Crippen molar-refractivity contribution in [3.63, 3.8) is 0 Å². The quantitative estimate of drug-likeness (QED) is 0.654. The molecule has 1 rings (SSSR count). The molecule has 0 radical (unpaired) electrons. The topological polar surface area (TPSA) is 12.0 Å². The molecule has 1 aromatic rings. The fraction of sp³-hybridized carbons (Fsp3) is 0.143. The minimum atomic E-state index is -0.828. The number of rotatable bonds is 2. The van der Waals surface area contributed by atoms with Crippen molar-refractivity contribution >= 4 is 12.8 Å². The van der Waals surface area contributed by atoms with Gasteiger partial charge in [-0.25, -0.2) is 8.78 Å². The first-order valence-corrected chi connectivity index (χ1v) is 3.49. The smallest absolute Gasteiger partial charge is 0.159 e. The van der Waals surface area contributed by atoms with Crippen LogP contribution in [-0.2, 0) is 6.54 Å². The SMILES string of the molecule is Fc1ccc(CNS)cc1F. The zero-order valence-corrected chi connectivity index (χ0v) is 6.54. The van der Waals surface area contributed by atoms with E-state index < -0.39 is 11.6 Å². The Morgan fingerprint density at radius 2 is 2.00 bits per heavy atom. The molecule has 0 saturated carbocycles. The van der Waals surface area contributed by atoms with E-state index in [2.05, 4.69) is 17.5 Å². The average molecular weight is 175 g/mol. The highest BCUT2D eigenvalue weighted by molar-refractivity contribution is 7.78. The normalized spacial score (nSPS) is 10.1. The van der Waals surface area contributed by atoms with Crippen LogP contribution in [0.15, 0.2) is 18.2 Å². The van der Waals surface area contributed by atoms with Crippen LogP contribution in [0.3, 0.4) is 0 Å². The number of benzene rings is 1. The van der Waals surface area contributed by atoms with Gasteiger partial charge in [0.1, 0.15) is 0 Å². The number of thiol groups is 1. The van der Waals surface area contributed by atoms with Crippen LogP contribution in [0.25, 0.3) is 0 Å². The van der Waals surface area contributed by atoms with Gasteiger partial charge < -0.3 is 0 Å². The summed E-state index contributed by atoms with van der Waals surface area (Å²) in [4.78, 5) is 0. The minimum Gasteiger partial charge on any atom is -0.262 e. The van der Waals surface area contributed by atoms with Crippen molar-refractivity contribution in [2.75, 3.05) is 0 Å². The first-order chi connectivity index (χ1) is 5.24. The number of nitrogens with one attached hydrogen (secondary N) is 1. The summed E-state index contributed by atoms with van der Waals surface area (Å²) in [6.07, 6.45) is 0. The summed E-state index contributed by atoms with van der Waals surface area (Å²) in [6.45, 7) is 0.417. The van der Waals surface area contributed by atoms with Crippen LogP contribution in [-0.4, -0.2) is 0 Å². The van der Waals surface area contributed by atoms with Gasteiger partial charge in [-0.1, -0.05) is 18.9 Å². The van der Waals surface area contributed by atoms with E-state index in [4.69, 9.17) is 0 Å². The predicted molar refractivity (Wildman–Crippen MR) is 42.2 cm³/mol. The van der Waals surface area contributed by atoms with E-state index in [1.165, 1.54) is 6.07 Å². The third-order valence-corrected chi connectivity index (χ3v) is 1.43. The maximum Gasteiger partial charge on any atom is 0.159 e. The van der Waals surface area contributed by atoms with Crippen LogP contribution in [0.5, 0.6) is 0 Å². The Morgan fingerprint density at radius 3 is 2.55 bits per heavy atom. The van der Waals surface area contributed by atoms with Gasteiger partial charge in [0.05, 0.1) is 0 Å². The van der Waals surface area contributed by atoms with Crippen molar-refractivity contribution in [3.8, 4) is 0 Å². The lowest BCUT2D eigenvalue weighted by molar-refractivity contribution is 0.507. The number of hydrogen-bond acceptors (Lipinski definition) is 2. The van der Waals surface area contributed by atoms with Crippen LogP contribution in [0.2, 0.25) is 0 Å². The zero-order chi connectivity index (χ0) is 8.27. The van der Waals surface area contributed by atoms with Crippen molar-refractivity contribution in [1.29, 1.82) is 0 Å². The van der Waals surface area contributed by atoms with Gasteiger partial charge in [0.15, 0.2) is 11.6 Å². The predicted octanol–water partition coefficient (Wildman–Crippen LogP) is 1.90. The summed E-state index contributed by atoms with van der Waals surface area (Å²) in [5.41, 5.74) is 0.666. The molecule has 0 aliphatic carbocycles. The van der Waals surface area contributed by atoms with Crippen molar-refractivity contribution in [1.82, 2.24) is 4.72 Å². The maximum absolute atomic E-state index is 12.5. The van der Waals surface area contributed by atoms with Crippen molar-refractivity contribution < 1.29 is 8.78 Å². The summed E-state index contributed by atoms with van der Waals surface area (Å²) < 4.78 is 27.3. The van der Waals surface area contributed by atoms with Crippen molar-refractivity contribution in [2.45, 2.75) is 6.54 Å². The lowest BCUT2D eigenvalue weighted by Gasteiger charge is -1.98. The first kappa shape index (κ1) is 8.49. The van der Waals surface area contributed by atoms with Crippen molar-refractivity contribution in [3.05, 3.63) is 35.4 Å². The highest BCUT2D eigenvalue weighted by Gasteiger charge is 2.00. The average Bonchev–Trinajstić information content (AvgIpc) is 1.98. The lowest BCUT2D eigenvalue weighted by Crippen LogP contribution is -1.99. The van der Waals surface area contributed by atoms with E-state index in [1.54, 1.807) is 0 Å². The van der Waals surface area contributed by atoms with E-state index in [9.17, 15) is 8.78 Å². The molecule has 11 heavy (non-hydrogen) atoms. The molecule has 0 heterocycles. The van der Waals surface area contributed by atoms with Crippen molar-refractivity contribution in [2.24, 2.45) is 0 Å². The summed E-state index contributed by atoms with van der Waals surface area (Å²) in [7, 11) is 0. The Hall–Kier alpha value is -0.610. The molecule has 0 spiro atoms. The number of hydrogen-bond donors (Lipinski definition) is 2. The molecule has 1 N–H and O–H groups in total. The van der Waals surface area contributed by atoms with E-state index >= 15 is 0 Å².